The first-order chi connectivity index (χ1) is 10.2. The van der Waals surface area contributed by atoms with Gasteiger partial charge in [-0.3, -0.25) is 9.59 Å². The monoisotopic (exact) mass is 291 g/mol. The summed E-state index contributed by atoms with van der Waals surface area (Å²) in [5, 5.41) is 2.98. The standard InChI is InChI=1S/C15H21N3O3/c1-21-8-7-18-12(9-16-14(19)11-4-5-11)10-17-6-2-3-13(17)15(18)20/h2-3,6,11-12H,4-5,7-10H2,1H3,(H,16,19). The van der Waals surface area contributed by atoms with Crippen molar-refractivity contribution in [3.05, 3.63) is 24.0 Å². The Bertz CT molecular complexity index is 536. The van der Waals surface area contributed by atoms with Crippen molar-refractivity contribution in [3.63, 3.8) is 0 Å². The molecule has 1 aliphatic carbocycles. The van der Waals surface area contributed by atoms with Crippen molar-refractivity contribution in [2.75, 3.05) is 26.8 Å². The van der Waals surface area contributed by atoms with E-state index < -0.39 is 0 Å². The lowest BCUT2D eigenvalue weighted by molar-refractivity contribution is -0.122. The van der Waals surface area contributed by atoms with Gasteiger partial charge in [-0.05, 0) is 25.0 Å². The molecule has 0 saturated heterocycles. The van der Waals surface area contributed by atoms with Crippen LogP contribution in [0.3, 0.4) is 0 Å². The fraction of sp³-hybridized carbons (Fsp3) is 0.600. The van der Waals surface area contributed by atoms with Crippen LogP contribution in [0.25, 0.3) is 0 Å². The number of hydrogen-bond donors (Lipinski definition) is 1. The van der Waals surface area contributed by atoms with Crippen molar-refractivity contribution in [2.45, 2.75) is 25.4 Å². The van der Waals surface area contributed by atoms with Crippen molar-refractivity contribution < 1.29 is 14.3 Å². The second-order valence-electron chi connectivity index (χ2n) is 5.71. The number of ether oxygens (including phenoxy) is 1. The summed E-state index contributed by atoms with van der Waals surface area (Å²) < 4.78 is 7.05. The molecule has 0 spiro atoms. The fourth-order valence-corrected chi connectivity index (χ4v) is 2.76. The predicted octanol–water partition coefficient (Wildman–Crippen LogP) is 0.485. The summed E-state index contributed by atoms with van der Waals surface area (Å²) in [6, 6.07) is 3.70. The summed E-state index contributed by atoms with van der Waals surface area (Å²) in [6.07, 6.45) is 3.89. The topological polar surface area (TPSA) is 63.6 Å². The second-order valence-corrected chi connectivity index (χ2v) is 5.71. The number of nitrogens with zero attached hydrogens (tertiary/aromatic N) is 2. The van der Waals surface area contributed by atoms with Gasteiger partial charge in [0, 0.05) is 38.9 Å². The zero-order chi connectivity index (χ0) is 14.8. The van der Waals surface area contributed by atoms with Gasteiger partial charge in [0.05, 0.1) is 12.6 Å². The molecular formula is C15H21N3O3. The smallest absolute Gasteiger partial charge is 0.270 e. The van der Waals surface area contributed by atoms with Gasteiger partial charge in [0.25, 0.3) is 5.91 Å². The van der Waals surface area contributed by atoms with Crippen molar-refractivity contribution in [2.24, 2.45) is 5.92 Å². The first-order valence-electron chi connectivity index (χ1n) is 7.43. The Balaban J connectivity index is 1.69. The quantitative estimate of drug-likeness (QED) is 0.829. The summed E-state index contributed by atoms with van der Waals surface area (Å²) in [6.45, 7) is 2.26. The van der Waals surface area contributed by atoms with E-state index in [1.54, 1.807) is 7.11 Å². The van der Waals surface area contributed by atoms with Gasteiger partial charge in [-0.2, -0.15) is 0 Å². The number of amides is 2. The summed E-state index contributed by atoms with van der Waals surface area (Å²) in [5.74, 6) is 0.320. The Labute approximate surface area is 124 Å². The van der Waals surface area contributed by atoms with Crippen LogP contribution >= 0.6 is 0 Å². The van der Waals surface area contributed by atoms with E-state index in [0.717, 1.165) is 12.8 Å². The minimum atomic E-state index is -0.0183. The molecule has 2 heterocycles. The summed E-state index contributed by atoms with van der Waals surface area (Å²) in [4.78, 5) is 26.1. The predicted molar refractivity (Wildman–Crippen MR) is 76.9 cm³/mol. The SMILES string of the molecule is COCCN1C(=O)c2cccn2CC1CNC(=O)C1CC1. The third kappa shape index (κ3) is 2.95. The molecule has 0 aromatic carbocycles. The van der Waals surface area contributed by atoms with Gasteiger partial charge in [-0.15, -0.1) is 0 Å². The summed E-state index contributed by atoms with van der Waals surface area (Å²) in [7, 11) is 1.63. The van der Waals surface area contributed by atoms with Crippen LogP contribution < -0.4 is 5.32 Å². The molecule has 1 aromatic rings. The third-order valence-electron chi connectivity index (χ3n) is 4.15. The van der Waals surface area contributed by atoms with Crippen molar-refractivity contribution in [3.8, 4) is 0 Å². The Morgan fingerprint density at radius 3 is 3.00 bits per heavy atom. The number of fused-ring (bicyclic) bond motifs is 1. The molecule has 1 aliphatic heterocycles. The normalized spacial score (nSPS) is 21.3. The molecule has 1 N–H and O–H groups in total. The van der Waals surface area contributed by atoms with Gasteiger partial charge < -0.3 is 19.5 Å². The molecule has 6 heteroatoms. The number of nitrogens with one attached hydrogen (secondary N) is 1. The minimum absolute atomic E-state index is 0.00831. The van der Waals surface area contributed by atoms with Gasteiger partial charge in [-0.25, -0.2) is 0 Å². The van der Waals surface area contributed by atoms with Crippen molar-refractivity contribution in [1.29, 1.82) is 0 Å². The largest absolute Gasteiger partial charge is 0.383 e. The maximum absolute atomic E-state index is 12.5. The molecule has 0 radical (unpaired) electrons. The number of rotatable bonds is 6. The molecule has 21 heavy (non-hydrogen) atoms. The highest BCUT2D eigenvalue weighted by molar-refractivity contribution is 5.93. The van der Waals surface area contributed by atoms with E-state index in [4.69, 9.17) is 4.74 Å². The maximum atomic E-state index is 12.5. The fourth-order valence-electron chi connectivity index (χ4n) is 2.76. The van der Waals surface area contributed by atoms with Crippen LogP contribution in [0.1, 0.15) is 23.3 Å². The minimum Gasteiger partial charge on any atom is -0.383 e. The molecule has 2 aliphatic rings. The molecule has 1 atom stereocenters. The van der Waals surface area contributed by atoms with Crippen LogP contribution in [0.2, 0.25) is 0 Å². The first kappa shape index (κ1) is 14.1. The number of carbonyl (C=O) groups excluding carboxylic acids is 2. The highest BCUT2D eigenvalue weighted by Gasteiger charge is 2.34. The average Bonchev–Trinajstić information content (AvgIpc) is 3.22. The molecule has 1 saturated carbocycles. The van der Waals surface area contributed by atoms with E-state index in [0.29, 0.717) is 31.9 Å². The van der Waals surface area contributed by atoms with Crippen LogP contribution in [-0.2, 0) is 16.1 Å². The molecule has 1 aromatic heterocycles. The Morgan fingerprint density at radius 2 is 2.29 bits per heavy atom. The molecule has 1 unspecified atom stereocenters. The van der Waals surface area contributed by atoms with Gasteiger partial charge >= 0.3 is 0 Å². The lowest BCUT2D eigenvalue weighted by Gasteiger charge is -2.36. The number of carbonyl (C=O) groups is 2. The molecule has 0 bridgehead atoms. The maximum Gasteiger partial charge on any atom is 0.270 e. The number of hydrogen-bond acceptors (Lipinski definition) is 3. The van der Waals surface area contributed by atoms with Gasteiger partial charge in [0.15, 0.2) is 0 Å². The van der Waals surface area contributed by atoms with Crippen LogP contribution in [0.5, 0.6) is 0 Å². The van der Waals surface area contributed by atoms with Crippen LogP contribution in [0, 0.1) is 5.92 Å². The Morgan fingerprint density at radius 1 is 1.48 bits per heavy atom. The third-order valence-corrected chi connectivity index (χ3v) is 4.15. The lowest BCUT2D eigenvalue weighted by atomic mass is 10.1. The Kier molecular flexibility index (Phi) is 3.96. The zero-order valence-corrected chi connectivity index (χ0v) is 12.2. The van der Waals surface area contributed by atoms with Gasteiger partial charge in [-0.1, -0.05) is 0 Å². The van der Waals surface area contributed by atoms with Crippen LogP contribution in [0.15, 0.2) is 18.3 Å². The molecule has 114 valence electrons. The summed E-state index contributed by atoms with van der Waals surface area (Å²) >= 11 is 0. The van der Waals surface area contributed by atoms with Gasteiger partial charge in [0.2, 0.25) is 5.91 Å². The molecule has 6 nitrogen and oxygen atoms in total. The van der Waals surface area contributed by atoms with Crippen LogP contribution in [-0.4, -0.2) is 54.1 Å². The Hall–Kier alpha value is -1.82. The second kappa shape index (κ2) is 5.89. The molecule has 3 rings (SSSR count). The van der Waals surface area contributed by atoms with Gasteiger partial charge in [0.1, 0.15) is 5.69 Å². The lowest BCUT2D eigenvalue weighted by Crippen LogP contribution is -2.53. The van der Waals surface area contributed by atoms with E-state index in [1.165, 1.54) is 0 Å². The number of methoxy groups -OCH3 is 1. The van der Waals surface area contributed by atoms with E-state index in [-0.39, 0.29) is 23.8 Å². The highest BCUT2D eigenvalue weighted by Crippen LogP contribution is 2.28. The zero-order valence-electron chi connectivity index (χ0n) is 12.2. The molecular weight excluding hydrogens is 270 g/mol. The molecule has 2 amide bonds. The first-order valence-corrected chi connectivity index (χ1v) is 7.43. The highest BCUT2D eigenvalue weighted by atomic mass is 16.5. The van der Waals surface area contributed by atoms with E-state index in [2.05, 4.69) is 5.32 Å². The number of aromatic nitrogens is 1. The molecule has 1 fully saturated rings. The summed E-state index contributed by atoms with van der Waals surface area (Å²) in [5.41, 5.74) is 0.705. The van der Waals surface area contributed by atoms with E-state index in [9.17, 15) is 9.59 Å². The average molecular weight is 291 g/mol. The van der Waals surface area contributed by atoms with E-state index >= 15 is 0 Å². The van der Waals surface area contributed by atoms with E-state index in [1.807, 2.05) is 27.8 Å². The van der Waals surface area contributed by atoms with Crippen LogP contribution in [0.4, 0.5) is 0 Å². The van der Waals surface area contributed by atoms with Crippen molar-refractivity contribution in [1.82, 2.24) is 14.8 Å². The van der Waals surface area contributed by atoms with Crippen molar-refractivity contribution >= 4 is 11.8 Å².